The second-order valence-electron chi connectivity index (χ2n) is 7.74. The molecule has 0 bridgehead atoms. The van der Waals surface area contributed by atoms with E-state index in [1.165, 1.54) is 32.1 Å². The molecule has 1 heterocycles. The van der Waals surface area contributed by atoms with Gasteiger partial charge in [-0.3, -0.25) is 4.98 Å². The Kier molecular flexibility index (Phi) is 7.55. The summed E-state index contributed by atoms with van der Waals surface area (Å²) >= 11 is 0. The van der Waals surface area contributed by atoms with Gasteiger partial charge >= 0.3 is 0 Å². The zero-order valence-corrected chi connectivity index (χ0v) is 16.7. The zero-order valence-electron chi connectivity index (χ0n) is 16.7. The van der Waals surface area contributed by atoms with Crippen molar-refractivity contribution in [3.63, 3.8) is 0 Å². The van der Waals surface area contributed by atoms with Crippen LogP contribution >= 0.6 is 0 Å². The molecule has 1 fully saturated rings. The summed E-state index contributed by atoms with van der Waals surface area (Å²) in [5.41, 5.74) is 2.40. The predicted molar refractivity (Wildman–Crippen MR) is 104 cm³/mol. The van der Waals surface area contributed by atoms with Crippen molar-refractivity contribution < 1.29 is 9.47 Å². The molecule has 0 radical (unpaired) electrons. The van der Waals surface area contributed by atoms with Gasteiger partial charge in [0.2, 0.25) is 0 Å². The Balaban J connectivity index is 2.03. The van der Waals surface area contributed by atoms with Crippen molar-refractivity contribution in [2.45, 2.75) is 79.4 Å². The van der Waals surface area contributed by atoms with Crippen molar-refractivity contribution in [3.05, 3.63) is 18.0 Å². The molecule has 1 N–H and O–H groups in total. The minimum absolute atomic E-state index is 0.461. The summed E-state index contributed by atoms with van der Waals surface area (Å²) in [6, 6.07) is 2.55. The van der Waals surface area contributed by atoms with Crippen molar-refractivity contribution in [1.82, 2.24) is 4.98 Å². The predicted octanol–water partition coefficient (Wildman–Crippen LogP) is 5.42. The van der Waals surface area contributed by atoms with Crippen LogP contribution in [-0.4, -0.2) is 24.2 Å². The molecule has 4 nitrogen and oxygen atoms in total. The third-order valence-corrected chi connectivity index (χ3v) is 5.81. The van der Waals surface area contributed by atoms with Gasteiger partial charge in [0.15, 0.2) is 5.75 Å². The van der Waals surface area contributed by atoms with Gasteiger partial charge < -0.3 is 14.8 Å². The first-order valence-electron chi connectivity index (χ1n) is 9.96. The molecule has 0 saturated heterocycles. The molecule has 25 heavy (non-hydrogen) atoms. The third kappa shape index (κ3) is 5.34. The number of rotatable bonds is 9. The van der Waals surface area contributed by atoms with Crippen LogP contribution in [0, 0.1) is 11.3 Å². The Morgan fingerprint density at radius 3 is 2.44 bits per heavy atom. The van der Waals surface area contributed by atoms with Crippen LogP contribution in [0.2, 0.25) is 0 Å². The Labute approximate surface area is 153 Å². The summed E-state index contributed by atoms with van der Waals surface area (Å²) in [4.78, 5) is 4.45. The molecule has 0 amide bonds. The standard InChI is InChI=1S/C21H36N2O2/c1-6-21(4,5)16-9-11-17(12-10-16)23-18-13-14-22-19(15-24-7-2)20(18)25-8-3/h13-14,16-17H,6-12,15H2,1-5H3,(H,22,23). The summed E-state index contributed by atoms with van der Waals surface area (Å²) in [6.07, 6.45) is 8.17. The van der Waals surface area contributed by atoms with Crippen LogP contribution in [-0.2, 0) is 11.3 Å². The fourth-order valence-electron chi connectivity index (χ4n) is 3.74. The molecule has 0 aromatic carbocycles. The SMILES string of the molecule is CCOCc1nccc(NC2CCC(C(C)(C)CC)CC2)c1OCC. The van der Waals surface area contributed by atoms with Crippen LogP contribution < -0.4 is 10.1 Å². The molecule has 0 aliphatic heterocycles. The molecule has 142 valence electrons. The summed E-state index contributed by atoms with van der Waals surface area (Å²) in [5, 5.41) is 3.72. The van der Waals surface area contributed by atoms with Gasteiger partial charge in [0.25, 0.3) is 0 Å². The van der Waals surface area contributed by atoms with E-state index in [0.29, 0.717) is 31.3 Å². The number of pyridine rings is 1. The zero-order chi connectivity index (χ0) is 18.3. The van der Waals surface area contributed by atoms with Gasteiger partial charge in [-0.25, -0.2) is 0 Å². The second-order valence-corrected chi connectivity index (χ2v) is 7.74. The first-order valence-corrected chi connectivity index (χ1v) is 9.96. The highest BCUT2D eigenvalue weighted by molar-refractivity contribution is 5.58. The summed E-state index contributed by atoms with van der Waals surface area (Å²) in [6.45, 7) is 13.0. The van der Waals surface area contributed by atoms with E-state index in [1.807, 2.05) is 26.1 Å². The topological polar surface area (TPSA) is 43.4 Å². The van der Waals surface area contributed by atoms with Crippen LogP contribution in [0.25, 0.3) is 0 Å². The fraction of sp³-hybridized carbons (Fsp3) is 0.762. The molecular formula is C21H36N2O2. The molecular weight excluding hydrogens is 312 g/mol. The Bertz CT molecular complexity index is 523. The van der Waals surface area contributed by atoms with E-state index < -0.39 is 0 Å². The lowest BCUT2D eigenvalue weighted by Gasteiger charge is -2.39. The molecule has 0 atom stereocenters. The van der Waals surface area contributed by atoms with E-state index in [-0.39, 0.29) is 0 Å². The second kappa shape index (κ2) is 9.42. The lowest BCUT2D eigenvalue weighted by atomic mass is 9.69. The number of nitrogens with zero attached hydrogens (tertiary/aromatic N) is 1. The van der Waals surface area contributed by atoms with Crippen molar-refractivity contribution in [1.29, 1.82) is 0 Å². The highest BCUT2D eigenvalue weighted by Gasteiger charge is 2.32. The first kappa shape index (κ1) is 20.0. The van der Waals surface area contributed by atoms with Crippen molar-refractivity contribution >= 4 is 5.69 Å². The maximum atomic E-state index is 5.89. The minimum Gasteiger partial charge on any atom is -0.490 e. The van der Waals surface area contributed by atoms with Crippen LogP contribution in [0.5, 0.6) is 5.75 Å². The van der Waals surface area contributed by atoms with Crippen LogP contribution in [0.4, 0.5) is 5.69 Å². The maximum absolute atomic E-state index is 5.89. The van der Waals surface area contributed by atoms with Gasteiger partial charge in [-0.1, -0.05) is 27.2 Å². The molecule has 1 aliphatic rings. The molecule has 0 unspecified atom stereocenters. The van der Waals surface area contributed by atoms with Crippen LogP contribution in [0.3, 0.4) is 0 Å². The average Bonchev–Trinajstić information content (AvgIpc) is 2.62. The Morgan fingerprint density at radius 2 is 1.84 bits per heavy atom. The molecule has 2 rings (SSSR count). The Morgan fingerprint density at radius 1 is 1.12 bits per heavy atom. The largest absolute Gasteiger partial charge is 0.490 e. The number of aromatic nitrogens is 1. The smallest absolute Gasteiger partial charge is 0.166 e. The number of nitrogens with one attached hydrogen (secondary N) is 1. The van der Waals surface area contributed by atoms with Crippen molar-refractivity contribution in [3.8, 4) is 5.75 Å². The van der Waals surface area contributed by atoms with E-state index in [1.54, 1.807) is 0 Å². The fourth-order valence-corrected chi connectivity index (χ4v) is 3.74. The quantitative estimate of drug-likeness (QED) is 0.647. The average molecular weight is 349 g/mol. The molecule has 0 spiro atoms. The molecule has 4 heteroatoms. The van der Waals surface area contributed by atoms with E-state index in [9.17, 15) is 0 Å². The number of hydrogen-bond acceptors (Lipinski definition) is 4. The highest BCUT2D eigenvalue weighted by Crippen LogP contribution is 2.41. The lowest BCUT2D eigenvalue weighted by molar-refractivity contribution is 0.128. The summed E-state index contributed by atoms with van der Waals surface area (Å²) < 4.78 is 11.4. The van der Waals surface area contributed by atoms with Gasteiger partial charge in [0.05, 0.1) is 18.9 Å². The van der Waals surface area contributed by atoms with Crippen LogP contribution in [0.1, 0.15) is 72.4 Å². The molecule has 1 saturated carbocycles. The van der Waals surface area contributed by atoms with Crippen LogP contribution in [0.15, 0.2) is 12.3 Å². The third-order valence-electron chi connectivity index (χ3n) is 5.81. The Hall–Kier alpha value is -1.29. The van der Waals surface area contributed by atoms with E-state index >= 15 is 0 Å². The van der Waals surface area contributed by atoms with E-state index in [0.717, 1.165) is 23.0 Å². The summed E-state index contributed by atoms with van der Waals surface area (Å²) in [5.74, 6) is 1.70. The first-order chi connectivity index (χ1) is 12.0. The number of hydrogen-bond donors (Lipinski definition) is 1. The van der Waals surface area contributed by atoms with E-state index in [4.69, 9.17) is 9.47 Å². The van der Waals surface area contributed by atoms with E-state index in [2.05, 4.69) is 31.1 Å². The molecule has 1 aliphatic carbocycles. The maximum Gasteiger partial charge on any atom is 0.166 e. The lowest BCUT2D eigenvalue weighted by Crippen LogP contribution is -2.32. The van der Waals surface area contributed by atoms with Crippen molar-refractivity contribution in [2.75, 3.05) is 18.5 Å². The molecule has 1 aromatic rings. The normalized spacial score (nSPS) is 21.2. The minimum atomic E-state index is 0.461. The van der Waals surface area contributed by atoms with Gasteiger partial charge in [-0.15, -0.1) is 0 Å². The number of anilines is 1. The summed E-state index contributed by atoms with van der Waals surface area (Å²) in [7, 11) is 0. The van der Waals surface area contributed by atoms with Gasteiger partial charge in [0.1, 0.15) is 5.69 Å². The highest BCUT2D eigenvalue weighted by atomic mass is 16.5. The van der Waals surface area contributed by atoms with Gasteiger partial charge in [0, 0.05) is 18.8 Å². The van der Waals surface area contributed by atoms with Gasteiger partial charge in [-0.05, 0) is 56.9 Å². The monoisotopic (exact) mass is 348 g/mol. The molecule has 1 aromatic heterocycles. The number of ether oxygens (including phenoxy) is 2. The van der Waals surface area contributed by atoms with Gasteiger partial charge in [-0.2, -0.15) is 0 Å². The van der Waals surface area contributed by atoms with Crippen molar-refractivity contribution in [2.24, 2.45) is 11.3 Å².